The van der Waals surface area contributed by atoms with Crippen molar-refractivity contribution in [3.63, 3.8) is 0 Å². The van der Waals surface area contributed by atoms with E-state index >= 15 is 0 Å². The fraction of sp³-hybridized carbons (Fsp3) is 0.0500. The molecule has 0 fully saturated rings. The minimum atomic E-state index is 0.259. The number of hydrogen-bond acceptors (Lipinski definition) is 2. The third-order valence-corrected chi connectivity index (χ3v) is 3.98. The summed E-state index contributed by atoms with van der Waals surface area (Å²) in [6.45, 7) is 2.08. The molecule has 4 rings (SSSR count). The van der Waals surface area contributed by atoms with Gasteiger partial charge in [0.2, 0.25) is 0 Å². The number of phenols is 1. The number of phenolic OH excluding ortho intramolecular Hbond substituents is 1. The molecule has 0 atom stereocenters. The van der Waals surface area contributed by atoms with Crippen LogP contribution in [-0.4, -0.2) is 14.7 Å². The third kappa shape index (κ3) is 2.36. The van der Waals surface area contributed by atoms with E-state index in [4.69, 9.17) is 4.98 Å². The van der Waals surface area contributed by atoms with Crippen LogP contribution in [0.15, 0.2) is 72.8 Å². The van der Waals surface area contributed by atoms with Gasteiger partial charge in [-0.15, -0.1) is 0 Å². The van der Waals surface area contributed by atoms with Crippen molar-refractivity contribution >= 4 is 11.0 Å². The summed E-state index contributed by atoms with van der Waals surface area (Å²) < 4.78 is 2.12. The van der Waals surface area contributed by atoms with Gasteiger partial charge in [-0.05, 0) is 43.3 Å². The SMILES string of the molecule is Cc1ccc(-c2nc3ccccc3n2-c2ccc(O)cc2)cc1. The summed E-state index contributed by atoms with van der Waals surface area (Å²) in [6, 6.07) is 23.7. The van der Waals surface area contributed by atoms with Crippen molar-refractivity contribution in [1.29, 1.82) is 0 Å². The lowest BCUT2D eigenvalue weighted by atomic mass is 10.1. The highest BCUT2D eigenvalue weighted by atomic mass is 16.3. The highest BCUT2D eigenvalue weighted by Crippen LogP contribution is 2.29. The van der Waals surface area contributed by atoms with E-state index in [0.717, 1.165) is 28.1 Å². The summed E-state index contributed by atoms with van der Waals surface area (Å²) in [5, 5.41) is 9.56. The molecule has 1 aromatic heterocycles. The van der Waals surface area contributed by atoms with Gasteiger partial charge in [0.15, 0.2) is 0 Å². The Morgan fingerprint density at radius 2 is 1.52 bits per heavy atom. The molecule has 0 bridgehead atoms. The molecule has 0 saturated heterocycles. The van der Waals surface area contributed by atoms with Gasteiger partial charge in [-0.2, -0.15) is 0 Å². The zero-order valence-corrected chi connectivity index (χ0v) is 12.8. The van der Waals surface area contributed by atoms with Crippen LogP contribution in [0, 0.1) is 6.92 Å². The number of fused-ring (bicyclic) bond motifs is 1. The van der Waals surface area contributed by atoms with Crippen molar-refractivity contribution in [2.75, 3.05) is 0 Å². The average Bonchev–Trinajstić information content (AvgIpc) is 2.96. The largest absolute Gasteiger partial charge is 0.508 e. The third-order valence-electron chi connectivity index (χ3n) is 3.98. The van der Waals surface area contributed by atoms with Crippen LogP contribution in [0.1, 0.15) is 5.56 Å². The highest BCUT2D eigenvalue weighted by Gasteiger charge is 2.13. The predicted octanol–water partition coefficient (Wildman–Crippen LogP) is 4.71. The molecule has 0 amide bonds. The maximum atomic E-state index is 9.56. The van der Waals surface area contributed by atoms with Gasteiger partial charge in [0.25, 0.3) is 0 Å². The van der Waals surface area contributed by atoms with Crippen LogP contribution >= 0.6 is 0 Å². The molecule has 0 spiro atoms. The normalized spacial score (nSPS) is 11.0. The lowest BCUT2D eigenvalue weighted by molar-refractivity contribution is 0.475. The van der Waals surface area contributed by atoms with Gasteiger partial charge in [0, 0.05) is 11.3 Å². The lowest BCUT2D eigenvalue weighted by Crippen LogP contribution is -1.97. The summed E-state index contributed by atoms with van der Waals surface area (Å²) in [7, 11) is 0. The van der Waals surface area contributed by atoms with E-state index in [1.807, 2.05) is 30.3 Å². The molecule has 0 aliphatic rings. The molecule has 112 valence electrons. The van der Waals surface area contributed by atoms with Gasteiger partial charge >= 0.3 is 0 Å². The minimum absolute atomic E-state index is 0.259. The standard InChI is InChI=1S/C20H16N2O/c1-14-6-8-15(9-7-14)20-21-18-4-2-3-5-19(18)22(20)16-10-12-17(23)13-11-16/h2-13,23H,1H3. The number of hydrogen-bond donors (Lipinski definition) is 1. The van der Waals surface area contributed by atoms with Crippen molar-refractivity contribution in [2.45, 2.75) is 6.92 Å². The van der Waals surface area contributed by atoms with E-state index in [0.29, 0.717) is 0 Å². The van der Waals surface area contributed by atoms with Gasteiger partial charge in [0.1, 0.15) is 11.6 Å². The van der Waals surface area contributed by atoms with Crippen molar-refractivity contribution in [2.24, 2.45) is 0 Å². The quantitative estimate of drug-likeness (QED) is 0.582. The first kappa shape index (κ1) is 13.6. The first-order chi connectivity index (χ1) is 11.2. The van der Waals surface area contributed by atoms with Crippen LogP contribution in [-0.2, 0) is 0 Å². The maximum Gasteiger partial charge on any atom is 0.145 e. The Morgan fingerprint density at radius 3 is 2.26 bits per heavy atom. The van der Waals surface area contributed by atoms with Gasteiger partial charge in [0.05, 0.1) is 11.0 Å². The van der Waals surface area contributed by atoms with E-state index in [1.165, 1.54) is 5.56 Å². The zero-order valence-electron chi connectivity index (χ0n) is 12.8. The average molecular weight is 300 g/mol. The van der Waals surface area contributed by atoms with Crippen LogP contribution in [0.3, 0.4) is 0 Å². The second-order valence-corrected chi connectivity index (χ2v) is 5.64. The molecule has 3 aromatic carbocycles. The summed E-state index contributed by atoms with van der Waals surface area (Å²) in [4.78, 5) is 4.81. The molecule has 0 aliphatic carbocycles. The van der Waals surface area contributed by atoms with Crippen molar-refractivity contribution in [3.05, 3.63) is 78.4 Å². The second kappa shape index (κ2) is 5.29. The summed E-state index contributed by atoms with van der Waals surface area (Å²) in [5.74, 6) is 1.16. The number of rotatable bonds is 2. The number of benzene rings is 3. The van der Waals surface area contributed by atoms with Crippen molar-refractivity contribution < 1.29 is 5.11 Å². The Hall–Kier alpha value is -3.07. The maximum absolute atomic E-state index is 9.56. The summed E-state index contributed by atoms with van der Waals surface area (Å²) in [5.41, 5.74) is 5.28. The zero-order chi connectivity index (χ0) is 15.8. The fourth-order valence-electron chi connectivity index (χ4n) is 2.79. The van der Waals surface area contributed by atoms with E-state index < -0.39 is 0 Å². The molecule has 23 heavy (non-hydrogen) atoms. The Kier molecular flexibility index (Phi) is 3.12. The summed E-state index contributed by atoms with van der Waals surface area (Å²) >= 11 is 0. The van der Waals surface area contributed by atoms with E-state index in [2.05, 4.69) is 41.8 Å². The lowest BCUT2D eigenvalue weighted by Gasteiger charge is -2.10. The highest BCUT2D eigenvalue weighted by molar-refractivity contribution is 5.83. The number of aryl methyl sites for hydroxylation is 1. The molecule has 0 saturated carbocycles. The number of imidazole rings is 1. The van der Waals surface area contributed by atoms with Gasteiger partial charge in [-0.25, -0.2) is 4.98 Å². The molecule has 1 N–H and O–H groups in total. The van der Waals surface area contributed by atoms with Gasteiger partial charge in [-0.3, -0.25) is 4.57 Å². The van der Waals surface area contributed by atoms with Crippen LogP contribution in [0.25, 0.3) is 28.1 Å². The topological polar surface area (TPSA) is 38.0 Å². The molecule has 0 aliphatic heterocycles. The molecule has 3 heteroatoms. The number of nitrogens with zero attached hydrogens (tertiary/aromatic N) is 2. The monoisotopic (exact) mass is 300 g/mol. The van der Waals surface area contributed by atoms with Crippen molar-refractivity contribution in [3.8, 4) is 22.8 Å². The molecule has 0 radical (unpaired) electrons. The Morgan fingerprint density at radius 1 is 0.826 bits per heavy atom. The predicted molar refractivity (Wildman–Crippen MR) is 92.9 cm³/mol. The number of aromatic hydroxyl groups is 1. The molecule has 4 aromatic rings. The summed E-state index contributed by atoms with van der Waals surface area (Å²) in [6.07, 6.45) is 0. The number of aromatic nitrogens is 2. The smallest absolute Gasteiger partial charge is 0.145 e. The molecule has 3 nitrogen and oxygen atoms in total. The minimum Gasteiger partial charge on any atom is -0.508 e. The first-order valence-electron chi connectivity index (χ1n) is 7.56. The molecule has 0 unspecified atom stereocenters. The molecular formula is C20H16N2O. The molecule has 1 heterocycles. The first-order valence-corrected chi connectivity index (χ1v) is 7.56. The van der Waals surface area contributed by atoms with Crippen molar-refractivity contribution in [1.82, 2.24) is 9.55 Å². The van der Waals surface area contributed by atoms with Crippen LogP contribution in [0.2, 0.25) is 0 Å². The van der Waals surface area contributed by atoms with E-state index in [1.54, 1.807) is 12.1 Å². The van der Waals surface area contributed by atoms with E-state index in [-0.39, 0.29) is 5.75 Å². The Balaban J connectivity index is 2.01. The van der Waals surface area contributed by atoms with Crippen LogP contribution in [0.4, 0.5) is 0 Å². The van der Waals surface area contributed by atoms with E-state index in [9.17, 15) is 5.11 Å². The van der Waals surface area contributed by atoms with Crippen LogP contribution in [0.5, 0.6) is 5.75 Å². The number of para-hydroxylation sites is 2. The fourth-order valence-corrected chi connectivity index (χ4v) is 2.79. The van der Waals surface area contributed by atoms with Gasteiger partial charge in [-0.1, -0.05) is 42.0 Å². The van der Waals surface area contributed by atoms with Crippen LogP contribution < -0.4 is 0 Å². The Labute approximate surface area is 134 Å². The van der Waals surface area contributed by atoms with Gasteiger partial charge < -0.3 is 5.11 Å². The molecular weight excluding hydrogens is 284 g/mol. The second-order valence-electron chi connectivity index (χ2n) is 5.64. The Bertz CT molecular complexity index is 967.